The molecule has 1 amide bonds. The average molecular weight is 395 g/mol. The third-order valence-electron chi connectivity index (χ3n) is 4.00. The number of methoxy groups -OCH3 is 1. The van der Waals surface area contributed by atoms with Gasteiger partial charge < -0.3 is 14.9 Å². The van der Waals surface area contributed by atoms with E-state index < -0.39 is 31.9 Å². The minimum Gasteiger partial charge on any atom is -0.467 e. The molecule has 0 radical (unpaired) electrons. The average Bonchev–Trinajstić information content (AvgIpc) is 3.15. The number of carbonyl (C=O) groups is 2. The van der Waals surface area contributed by atoms with Crippen molar-refractivity contribution >= 4 is 31.2 Å². The van der Waals surface area contributed by atoms with E-state index in [-0.39, 0.29) is 6.16 Å². The highest BCUT2D eigenvalue weighted by molar-refractivity contribution is 7.38. The summed E-state index contributed by atoms with van der Waals surface area (Å²) in [7, 11) is -1.59. The van der Waals surface area contributed by atoms with E-state index in [1.165, 1.54) is 14.0 Å². The number of nitrogens with one attached hydrogen (secondary N) is 1. The first kappa shape index (κ1) is 20.4. The second-order valence-corrected chi connectivity index (χ2v) is 7.94. The molecule has 1 heterocycles. The Labute approximate surface area is 157 Å². The van der Waals surface area contributed by atoms with E-state index in [2.05, 4.69) is 15.4 Å². The first-order valence-corrected chi connectivity index (χ1v) is 10.6. The first-order valence-electron chi connectivity index (χ1n) is 8.12. The summed E-state index contributed by atoms with van der Waals surface area (Å²) in [5.41, 5.74) is 3.09. The molecular weight excluding hydrogens is 373 g/mol. The fraction of sp³-hybridized carbons (Fsp3) is 0.333. The highest BCUT2D eigenvalue weighted by Gasteiger charge is 2.25. The van der Waals surface area contributed by atoms with Crippen LogP contribution in [0.3, 0.4) is 0 Å². The molecule has 26 heavy (non-hydrogen) atoms. The molecule has 0 saturated heterocycles. The molecule has 1 aromatic carbocycles. The number of hydrogen-bond acceptors (Lipinski definition) is 5. The predicted octanol–water partition coefficient (Wildman–Crippen LogP) is 2.72. The maximum atomic E-state index is 12.4. The van der Waals surface area contributed by atoms with Crippen LogP contribution in [0, 0.1) is 5.92 Å². The van der Waals surface area contributed by atoms with E-state index in [0.29, 0.717) is 6.42 Å². The number of amides is 1. The van der Waals surface area contributed by atoms with Crippen molar-refractivity contribution in [3.8, 4) is 11.1 Å². The molecule has 0 fully saturated rings. The summed E-state index contributed by atoms with van der Waals surface area (Å²) in [6, 6.07) is 8.97. The second kappa shape index (κ2) is 9.67. The Balaban J connectivity index is 2.08. The van der Waals surface area contributed by atoms with E-state index in [4.69, 9.17) is 0 Å². The molecule has 140 valence electrons. The number of ether oxygens (including phenoxy) is 1. The normalized spacial score (nSPS) is 14.3. The molecule has 0 aliphatic heterocycles. The van der Waals surface area contributed by atoms with Crippen molar-refractivity contribution in [1.82, 2.24) is 5.32 Å². The zero-order valence-electron chi connectivity index (χ0n) is 14.6. The lowest BCUT2D eigenvalue weighted by Crippen LogP contribution is -2.43. The monoisotopic (exact) mass is 395 g/mol. The van der Waals surface area contributed by atoms with Gasteiger partial charge in [-0.15, -0.1) is 0 Å². The molecule has 0 saturated carbocycles. The van der Waals surface area contributed by atoms with Gasteiger partial charge in [0.1, 0.15) is 6.04 Å². The molecule has 2 N–H and O–H groups in total. The van der Waals surface area contributed by atoms with Gasteiger partial charge >= 0.3 is 5.97 Å². The molecule has 3 atom stereocenters. The van der Waals surface area contributed by atoms with Gasteiger partial charge in [0.2, 0.25) is 5.91 Å². The Kier molecular flexibility index (Phi) is 7.57. The lowest BCUT2D eigenvalue weighted by Gasteiger charge is -2.18. The summed E-state index contributed by atoms with van der Waals surface area (Å²) < 4.78 is 15.9. The van der Waals surface area contributed by atoms with Crippen LogP contribution in [-0.4, -0.2) is 36.1 Å². The topological polar surface area (TPSA) is 92.7 Å². The summed E-state index contributed by atoms with van der Waals surface area (Å²) in [5, 5.41) is 6.60. The quantitative estimate of drug-likeness (QED) is 0.530. The Hall–Kier alpha value is -1.95. The van der Waals surface area contributed by atoms with E-state index in [1.54, 1.807) is 11.3 Å². The van der Waals surface area contributed by atoms with Crippen LogP contribution in [0.25, 0.3) is 11.1 Å². The molecule has 1 aromatic heterocycles. The van der Waals surface area contributed by atoms with Crippen LogP contribution in [0.5, 0.6) is 0 Å². The predicted molar refractivity (Wildman–Crippen MR) is 103 cm³/mol. The highest BCUT2D eigenvalue weighted by atomic mass is 32.1. The lowest BCUT2D eigenvalue weighted by atomic mass is 9.98. The molecule has 6 nitrogen and oxygen atoms in total. The summed E-state index contributed by atoms with van der Waals surface area (Å²) >= 11 is 1.62. The van der Waals surface area contributed by atoms with Gasteiger partial charge in [-0.1, -0.05) is 24.3 Å². The Morgan fingerprint density at radius 1 is 1.23 bits per heavy atom. The van der Waals surface area contributed by atoms with Crippen LogP contribution >= 0.6 is 19.4 Å². The number of carbonyl (C=O) groups excluding carboxylic acids is 2. The van der Waals surface area contributed by atoms with E-state index in [1.807, 2.05) is 35.7 Å². The largest absolute Gasteiger partial charge is 0.467 e. The van der Waals surface area contributed by atoms with Gasteiger partial charge in [0.05, 0.1) is 13.0 Å². The van der Waals surface area contributed by atoms with E-state index in [0.717, 1.165) is 16.7 Å². The molecule has 2 rings (SSSR count). The minimum atomic E-state index is -2.83. The van der Waals surface area contributed by atoms with Gasteiger partial charge in [0.15, 0.2) is 8.03 Å². The van der Waals surface area contributed by atoms with Crippen LogP contribution in [0.4, 0.5) is 0 Å². The molecule has 0 spiro atoms. The lowest BCUT2D eigenvalue weighted by molar-refractivity contribution is -0.144. The Morgan fingerprint density at radius 2 is 1.92 bits per heavy atom. The summed E-state index contributed by atoms with van der Waals surface area (Å²) in [6.45, 7) is 1.51. The van der Waals surface area contributed by atoms with Crippen LogP contribution in [0.15, 0.2) is 41.1 Å². The van der Waals surface area contributed by atoms with Gasteiger partial charge in [-0.2, -0.15) is 11.3 Å². The van der Waals surface area contributed by atoms with Gasteiger partial charge in [0, 0.05) is 6.16 Å². The maximum absolute atomic E-state index is 12.4. The number of benzene rings is 1. The van der Waals surface area contributed by atoms with Crippen molar-refractivity contribution in [3.05, 3.63) is 46.7 Å². The smallest absolute Gasteiger partial charge is 0.328 e. The minimum absolute atomic E-state index is 0.128. The summed E-state index contributed by atoms with van der Waals surface area (Å²) in [6.07, 6.45) is 0.192. The molecule has 1 unspecified atom stereocenters. The molecule has 0 aliphatic rings. The van der Waals surface area contributed by atoms with Gasteiger partial charge in [-0.3, -0.25) is 9.36 Å². The van der Waals surface area contributed by atoms with Crippen LogP contribution in [-0.2, 0) is 25.3 Å². The highest BCUT2D eigenvalue weighted by Crippen LogP contribution is 2.25. The number of rotatable bonds is 8. The zero-order chi connectivity index (χ0) is 19.1. The molecule has 8 heteroatoms. The third-order valence-corrected chi connectivity index (χ3v) is 5.52. The Morgan fingerprint density at radius 3 is 2.46 bits per heavy atom. The molecule has 0 aliphatic carbocycles. The van der Waals surface area contributed by atoms with Crippen molar-refractivity contribution in [2.24, 2.45) is 5.92 Å². The number of thiophene rings is 1. The maximum Gasteiger partial charge on any atom is 0.328 e. The second-order valence-electron chi connectivity index (χ2n) is 5.96. The standard InChI is InChI=1S/C18H22NO5PS/c1-12(18(21)24-2)19-17(20)16(10-25(22)23)9-13-3-5-14(6-4-13)15-7-8-26-11-15/h3-8,11-12,16,25H,9-10H2,1-2H3,(H,19,20)(H,22,23)/t12-,16+/m0/s1. The third kappa shape index (κ3) is 5.80. The zero-order valence-corrected chi connectivity index (χ0v) is 16.4. The number of esters is 1. The first-order chi connectivity index (χ1) is 12.4. The van der Waals surface area contributed by atoms with Crippen molar-refractivity contribution in [3.63, 3.8) is 0 Å². The fourth-order valence-corrected chi connectivity index (χ4v) is 4.00. The van der Waals surface area contributed by atoms with Crippen molar-refractivity contribution in [1.29, 1.82) is 0 Å². The van der Waals surface area contributed by atoms with E-state index in [9.17, 15) is 19.0 Å². The molecule has 0 bridgehead atoms. The molecular formula is C18H22NO5PS. The SMILES string of the molecule is COC(=O)[C@H](C)NC(=O)[C@H](Cc1ccc(-c2ccsc2)cc1)C[PH](=O)O. The summed E-state index contributed by atoms with van der Waals surface area (Å²) in [5.74, 6) is -1.68. The molecule has 2 aromatic rings. The van der Waals surface area contributed by atoms with Crippen LogP contribution in [0.2, 0.25) is 0 Å². The fourth-order valence-electron chi connectivity index (χ4n) is 2.58. The summed E-state index contributed by atoms with van der Waals surface area (Å²) in [4.78, 5) is 33.2. The van der Waals surface area contributed by atoms with Crippen molar-refractivity contribution in [2.75, 3.05) is 13.3 Å². The number of hydrogen-bond donors (Lipinski definition) is 2. The van der Waals surface area contributed by atoms with E-state index >= 15 is 0 Å². The van der Waals surface area contributed by atoms with Crippen LogP contribution < -0.4 is 5.32 Å². The van der Waals surface area contributed by atoms with Crippen LogP contribution in [0.1, 0.15) is 12.5 Å². The van der Waals surface area contributed by atoms with Crippen molar-refractivity contribution in [2.45, 2.75) is 19.4 Å². The van der Waals surface area contributed by atoms with Crippen molar-refractivity contribution < 1.29 is 23.8 Å². The Bertz CT molecular complexity index is 760. The van der Waals surface area contributed by atoms with Gasteiger partial charge in [0.25, 0.3) is 0 Å². The van der Waals surface area contributed by atoms with Gasteiger partial charge in [-0.05, 0) is 46.9 Å². The van der Waals surface area contributed by atoms with Gasteiger partial charge in [-0.25, -0.2) is 4.79 Å².